The lowest BCUT2D eigenvalue weighted by atomic mass is 10.1. The van der Waals surface area contributed by atoms with Crippen molar-refractivity contribution in [3.8, 4) is 0 Å². The highest BCUT2D eigenvalue weighted by atomic mass is 32.1. The molecule has 0 atom stereocenters. The van der Waals surface area contributed by atoms with E-state index in [1.165, 1.54) is 4.88 Å². The first-order chi connectivity index (χ1) is 11.0. The van der Waals surface area contributed by atoms with Crippen molar-refractivity contribution in [1.29, 1.82) is 0 Å². The van der Waals surface area contributed by atoms with Crippen molar-refractivity contribution in [2.45, 2.75) is 26.4 Å². The Morgan fingerprint density at radius 3 is 2.83 bits per heavy atom. The van der Waals surface area contributed by atoms with E-state index in [1.54, 1.807) is 41.5 Å². The second kappa shape index (κ2) is 7.73. The molecule has 23 heavy (non-hydrogen) atoms. The van der Waals surface area contributed by atoms with E-state index in [9.17, 15) is 9.59 Å². The van der Waals surface area contributed by atoms with Crippen LogP contribution in [0.15, 0.2) is 30.5 Å². The van der Waals surface area contributed by atoms with Gasteiger partial charge in [-0.3, -0.25) is 4.79 Å². The minimum atomic E-state index is -0.481. The Kier molecular flexibility index (Phi) is 5.70. The van der Waals surface area contributed by atoms with Crippen LogP contribution in [0.3, 0.4) is 0 Å². The van der Waals surface area contributed by atoms with E-state index in [-0.39, 0.29) is 6.03 Å². The van der Waals surface area contributed by atoms with Crippen LogP contribution in [0.25, 0.3) is 0 Å². The van der Waals surface area contributed by atoms with Crippen molar-refractivity contribution in [1.82, 2.24) is 15.2 Å². The second-order valence-electron chi connectivity index (χ2n) is 5.15. The van der Waals surface area contributed by atoms with Gasteiger partial charge in [0.15, 0.2) is 0 Å². The number of amides is 3. The molecule has 0 fully saturated rings. The van der Waals surface area contributed by atoms with Crippen LogP contribution in [0.1, 0.15) is 32.7 Å². The molecule has 0 saturated heterocycles. The molecule has 0 aliphatic heterocycles. The predicted octanol–water partition coefficient (Wildman–Crippen LogP) is 2.15. The molecule has 2 aromatic rings. The number of benzene rings is 1. The molecule has 0 spiro atoms. The van der Waals surface area contributed by atoms with Gasteiger partial charge in [0.05, 0.1) is 6.54 Å². The summed E-state index contributed by atoms with van der Waals surface area (Å²) in [7, 11) is 1.72. The van der Waals surface area contributed by atoms with E-state index in [0.29, 0.717) is 18.7 Å². The summed E-state index contributed by atoms with van der Waals surface area (Å²) in [4.78, 5) is 30.4. The zero-order valence-corrected chi connectivity index (χ0v) is 14.0. The van der Waals surface area contributed by atoms with Crippen LogP contribution in [0.2, 0.25) is 0 Å². The van der Waals surface area contributed by atoms with Gasteiger partial charge < -0.3 is 16.0 Å². The number of aryl methyl sites for hydroxylation is 1. The number of hydrogen-bond donors (Lipinski definition) is 2. The minimum Gasteiger partial charge on any atom is -0.366 e. The number of thiazole rings is 1. The van der Waals surface area contributed by atoms with E-state index >= 15 is 0 Å². The van der Waals surface area contributed by atoms with E-state index in [0.717, 1.165) is 17.0 Å². The summed E-state index contributed by atoms with van der Waals surface area (Å²) in [5.41, 5.74) is 6.50. The zero-order chi connectivity index (χ0) is 16.8. The van der Waals surface area contributed by atoms with Crippen molar-refractivity contribution < 1.29 is 9.59 Å². The fourth-order valence-electron chi connectivity index (χ4n) is 2.01. The van der Waals surface area contributed by atoms with Gasteiger partial charge in [0.25, 0.3) is 0 Å². The molecule has 7 heteroatoms. The molecule has 0 aliphatic carbocycles. The van der Waals surface area contributed by atoms with Crippen LogP contribution in [0, 0.1) is 0 Å². The van der Waals surface area contributed by atoms with E-state index in [4.69, 9.17) is 5.73 Å². The third kappa shape index (κ3) is 4.79. The molecular formula is C16H20N4O2S. The van der Waals surface area contributed by atoms with Crippen molar-refractivity contribution in [2.75, 3.05) is 7.05 Å². The lowest BCUT2D eigenvalue weighted by Gasteiger charge is -2.16. The van der Waals surface area contributed by atoms with Crippen LogP contribution in [-0.4, -0.2) is 28.9 Å². The first-order valence-electron chi connectivity index (χ1n) is 7.31. The van der Waals surface area contributed by atoms with Gasteiger partial charge in [-0.1, -0.05) is 19.1 Å². The smallest absolute Gasteiger partial charge is 0.317 e. The Morgan fingerprint density at radius 1 is 1.39 bits per heavy atom. The molecule has 0 radical (unpaired) electrons. The number of hydrogen-bond acceptors (Lipinski definition) is 4. The number of nitrogens with two attached hydrogens (primary N) is 1. The average molecular weight is 332 g/mol. The maximum Gasteiger partial charge on any atom is 0.317 e. The molecule has 122 valence electrons. The molecule has 3 amide bonds. The first-order valence-corrected chi connectivity index (χ1v) is 8.12. The summed E-state index contributed by atoms with van der Waals surface area (Å²) in [5.74, 6) is -0.481. The summed E-state index contributed by atoms with van der Waals surface area (Å²) in [6, 6.07) is 6.71. The van der Waals surface area contributed by atoms with Gasteiger partial charge in [0, 0.05) is 30.2 Å². The van der Waals surface area contributed by atoms with E-state index in [1.807, 2.05) is 12.3 Å². The first kappa shape index (κ1) is 17.0. The zero-order valence-electron chi connectivity index (χ0n) is 13.2. The SMILES string of the molecule is CCc1cnc(CN(C)C(=O)NCc2cccc(C(N)=O)c2)s1. The fraction of sp³-hybridized carbons (Fsp3) is 0.312. The number of carbonyl (C=O) groups excluding carboxylic acids is 2. The number of nitrogens with one attached hydrogen (secondary N) is 1. The molecule has 0 bridgehead atoms. The Labute approximate surface area is 139 Å². The maximum atomic E-state index is 12.1. The number of urea groups is 1. The second-order valence-corrected chi connectivity index (χ2v) is 6.35. The fourth-order valence-corrected chi connectivity index (χ4v) is 2.92. The summed E-state index contributed by atoms with van der Waals surface area (Å²) in [5, 5.41) is 3.73. The number of nitrogens with zero attached hydrogens (tertiary/aromatic N) is 2. The van der Waals surface area contributed by atoms with Crippen LogP contribution < -0.4 is 11.1 Å². The molecule has 1 heterocycles. The Morgan fingerprint density at radius 2 is 2.17 bits per heavy atom. The van der Waals surface area contributed by atoms with Crippen molar-refractivity contribution in [3.63, 3.8) is 0 Å². The van der Waals surface area contributed by atoms with Gasteiger partial charge in [0.1, 0.15) is 5.01 Å². The molecule has 1 aromatic heterocycles. The van der Waals surface area contributed by atoms with Crippen molar-refractivity contribution in [3.05, 3.63) is 51.5 Å². The van der Waals surface area contributed by atoms with Gasteiger partial charge in [0.2, 0.25) is 5.91 Å². The van der Waals surface area contributed by atoms with E-state index in [2.05, 4.69) is 17.2 Å². The van der Waals surface area contributed by atoms with Gasteiger partial charge >= 0.3 is 6.03 Å². The summed E-state index contributed by atoms with van der Waals surface area (Å²) in [6.07, 6.45) is 2.80. The Hall–Kier alpha value is -2.41. The average Bonchev–Trinajstić information content (AvgIpc) is 3.00. The van der Waals surface area contributed by atoms with Crippen LogP contribution in [0.4, 0.5) is 4.79 Å². The molecule has 2 rings (SSSR count). The monoisotopic (exact) mass is 332 g/mol. The van der Waals surface area contributed by atoms with Crippen LogP contribution >= 0.6 is 11.3 Å². The molecular weight excluding hydrogens is 312 g/mol. The lowest BCUT2D eigenvalue weighted by Crippen LogP contribution is -2.36. The molecule has 3 N–H and O–H groups in total. The number of carbonyl (C=O) groups is 2. The summed E-state index contributed by atoms with van der Waals surface area (Å²) in [6.45, 7) is 2.88. The highest BCUT2D eigenvalue weighted by molar-refractivity contribution is 7.11. The topological polar surface area (TPSA) is 88.3 Å². The quantitative estimate of drug-likeness (QED) is 0.849. The molecule has 0 unspecified atom stereocenters. The molecule has 0 aliphatic rings. The van der Waals surface area contributed by atoms with E-state index < -0.39 is 5.91 Å². The van der Waals surface area contributed by atoms with Gasteiger partial charge in [-0.2, -0.15) is 0 Å². The number of aromatic nitrogens is 1. The maximum absolute atomic E-state index is 12.1. The normalized spacial score (nSPS) is 10.3. The Bertz CT molecular complexity index is 699. The highest BCUT2D eigenvalue weighted by Gasteiger charge is 2.11. The van der Waals surface area contributed by atoms with Gasteiger partial charge in [-0.05, 0) is 24.1 Å². The predicted molar refractivity (Wildman–Crippen MR) is 90.2 cm³/mol. The minimum absolute atomic E-state index is 0.192. The third-order valence-corrected chi connectivity index (χ3v) is 4.45. The molecule has 6 nitrogen and oxygen atoms in total. The molecule has 1 aromatic carbocycles. The number of rotatable bonds is 6. The van der Waals surface area contributed by atoms with Crippen molar-refractivity contribution >= 4 is 23.3 Å². The summed E-state index contributed by atoms with van der Waals surface area (Å²) >= 11 is 1.61. The molecule has 0 saturated carbocycles. The van der Waals surface area contributed by atoms with Gasteiger partial charge in [-0.25, -0.2) is 9.78 Å². The Balaban J connectivity index is 1.88. The summed E-state index contributed by atoms with van der Waals surface area (Å²) < 4.78 is 0. The third-order valence-electron chi connectivity index (χ3n) is 3.32. The lowest BCUT2D eigenvalue weighted by molar-refractivity contribution is 0.1000. The van der Waals surface area contributed by atoms with Crippen LogP contribution in [-0.2, 0) is 19.5 Å². The van der Waals surface area contributed by atoms with Crippen LogP contribution in [0.5, 0.6) is 0 Å². The van der Waals surface area contributed by atoms with Gasteiger partial charge in [-0.15, -0.1) is 11.3 Å². The standard InChI is InChI=1S/C16H20N4O2S/c1-3-13-9-18-14(23-13)10-20(2)16(22)19-8-11-5-4-6-12(7-11)15(17)21/h4-7,9H,3,8,10H2,1-2H3,(H2,17,21)(H,19,22). The largest absolute Gasteiger partial charge is 0.366 e. The number of primary amides is 1. The van der Waals surface area contributed by atoms with Crippen molar-refractivity contribution in [2.24, 2.45) is 5.73 Å². The highest BCUT2D eigenvalue weighted by Crippen LogP contribution is 2.14.